The number of nitrogens with zero attached hydrogens (tertiary/aromatic N) is 3. The Kier molecular flexibility index (Phi) is 4.59. The first-order valence-electron chi connectivity index (χ1n) is 6.59. The lowest BCUT2D eigenvalue weighted by Crippen LogP contribution is -2.05. The zero-order valence-corrected chi connectivity index (χ0v) is 13.3. The van der Waals surface area contributed by atoms with Crippen molar-refractivity contribution in [2.45, 2.75) is 5.16 Å². The Morgan fingerprint density at radius 3 is 2.65 bits per heavy atom. The van der Waals surface area contributed by atoms with Gasteiger partial charge in [-0.25, -0.2) is 0 Å². The molecule has 0 amide bonds. The van der Waals surface area contributed by atoms with Crippen LogP contribution in [0.3, 0.4) is 0 Å². The maximum Gasteiger partial charge on any atom is 0.224 e. The fourth-order valence-corrected chi connectivity index (χ4v) is 2.66. The van der Waals surface area contributed by atoms with Gasteiger partial charge in [-0.15, -0.1) is 0 Å². The molecule has 3 aromatic rings. The van der Waals surface area contributed by atoms with E-state index in [1.54, 1.807) is 36.4 Å². The predicted molar refractivity (Wildman–Crippen MR) is 88.4 cm³/mol. The molecule has 0 unspecified atom stereocenters. The van der Waals surface area contributed by atoms with E-state index < -0.39 is 0 Å². The highest BCUT2D eigenvalue weighted by molar-refractivity contribution is 7.99. The molecule has 0 aliphatic carbocycles. The predicted octanol–water partition coefficient (Wildman–Crippen LogP) is 3.34. The standard InChI is InChI=1S/C15H11ClN4O2S/c16-10-5-3-9(4-6-10)11(21)8-23-15-19-13(18-14(17)20-15)12-2-1-7-22-12/h1-7H,8H2,(H2,17,18,19,20). The van der Waals surface area contributed by atoms with Gasteiger partial charge in [0, 0.05) is 10.6 Å². The second-order valence-corrected chi connectivity index (χ2v) is 5.87. The molecule has 1 aromatic carbocycles. The highest BCUT2D eigenvalue weighted by atomic mass is 35.5. The van der Waals surface area contributed by atoms with Gasteiger partial charge in [0.2, 0.25) is 11.8 Å². The maximum atomic E-state index is 12.1. The quantitative estimate of drug-likeness (QED) is 0.559. The topological polar surface area (TPSA) is 94.9 Å². The molecule has 0 saturated heterocycles. The number of halogens is 1. The first-order chi connectivity index (χ1) is 11.1. The summed E-state index contributed by atoms with van der Waals surface area (Å²) in [5.74, 6) is 1.04. The summed E-state index contributed by atoms with van der Waals surface area (Å²) in [5.41, 5.74) is 6.26. The maximum absolute atomic E-state index is 12.1. The number of Topliss-reactive ketones (excluding diaryl/α,β-unsaturated/α-hetero) is 1. The van der Waals surface area contributed by atoms with E-state index in [0.29, 0.717) is 27.3 Å². The molecule has 3 rings (SSSR count). The molecular formula is C15H11ClN4O2S. The van der Waals surface area contributed by atoms with Crippen molar-refractivity contribution in [1.29, 1.82) is 0 Å². The minimum Gasteiger partial charge on any atom is -0.461 e. The van der Waals surface area contributed by atoms with Gasteiger partial charge in [0.15, 0.2) is 16.7 Å². The minimum atomic E-state index is -0.0507. The molecule has 2 N–H and O–H groups in total. The molecule has 0 atom stereocenters. The molecule has 0 bridgehead atoms. The summed E-state index contributed by atoms with van der Waals surface area (Å²) in [6.07, 6.45) is 1.52. The average Bonchev–Trinajstić information content (AvgIpc) is 3.07. The zero-order valence-electron chi connectivity index (χ0n) is 11.8. The van der Waals surface area contributed by atoms with Crippen LogP contribution in [0.4, 0.5) is 5.95 Å². The smallest absolute Gasteiger partial charge is 0.224 e. The number of thioether (sulfide) groups is 1. The summed E-state index contributed by atoms with van der Waals surface area (Å²) in [7, 11) is 0. The molecular weight excluding hydrogens is 336 g/mol. The van der Waals surface area contributed by atoms with Gasteiger partial charge in [-0.05, 0) is 36.4 Å². The fourth-order valence-electron chi connectivity index (χ4n) is 1.80. The van der Waals surface area contributed by atoms with Crippen LogP contribution in [0.1, 0.15) is 10.4 Å². The van der Waals surface area contributed by atoms with Crippen LogP contribution in [-0.2, 0) is 0 Å². The highest BCUT2D eigenvalue weighted by Crippen LogP contribution is 2.21. The van der Waals surface area contributed by atoms with Crippen LogP contribution in [-0.4, -0.2) is 26.5 Å². The lowest BCUT2D eigenvalue weighted by Gasteiger charge is -2.03. The van der Waals surface area contributed by atoms with Crippen LogP contribution in [0.25, 0.3) is 11.6 Å². The number of furan rings is 1. The van der Waals surface area contributed by atoms with Crippen molar-refractivity contribution in [2.24, 2.45) is 0 Å². The molecule has 116 valence electrons. The SMILES string of the molecule is Nc1nc(SCC(=O)c2ccc(Cl)cc2)nc(-c2ccco2)n1. The highest BCUT2D eigenvalue weighted by Gasteiger charge is 2.12. The van der Waals surface area contributed by atoms with Crippen LogP contribution in [0.2, 0.25) is 5.02 Å². The van der Waals surface area contributed by atoms with Gasteiger partial charge < -0.3 is 10.2 Å². The number of anilines is 1. The number of hydrogen-bond donors (Lipinski definition) is 1. The molecule has 0 aliphatic heterocycles. The van der Waals surface area contributed by atoms with Gasteiger partial charge >= 0.3 is 0 Å². The summed E-state index contributed by atoms with van der Waals surface area (Å²) in [6.45, 7) is 0. The molecule has 8 heteroatoms. The third-order valence-electron chi connectivity index (χ3n) is 2.87. The van der Waals surface area contributed by atoms with Crippen molar-refractivity contribution in [3.8, 4) is 11.6 Å². The zero-order chi connectivity index (χ0) is 16.2. The van der Waals surface area contributed by atoms with E-state index in [1.165, 1.54) is 18.0 Å². The summed E-state index contributed by atoms with van der Waals surface area (Å²) in [6, 6.07) is 10.2. The van der Waals surface area contributed by atoms with Crippen LogP contribution in [0.5, 0.6) is 0 Å². The van der Waals surface area contributed by atoms with Gasteiger partial charge in [0.05, 0.1) is 12.0 Å². The first-order valence-corrected chi connectivity index (χ1v) is 7.95. The van der Waals surface area contributed by atoms with Crippen LogP contribution >= 0.6 is 23.4 Å². The number of nitrogens with two attached hydrogens (primary N) is 1. The number of benzene rings is 1. The number of carbonyl (C=O) groups excluding carboxylic acids is 1. The normalized spacial score (nSPS) is 10.7. The molecule has 6 nitrogen and oxygen atoms in total. The minimum absolute atomic E-state index is 0.0507. The van der Waals surface area contributed by atoms with Crippen molar-refractivity contribution in [3.05, 3.63) is 53.2 Å². The summed E-state index contributed by atoms with van der Waals surface area (Å²) < 4.78 is 5.24. The molecule has 0 saturated carbocycles. The Morgan fingerprint density at radius 1 is 1.17 bits per heavy atom. The van der Waals surface area contributed by atoms with E-state index in [0.717, 1.165) is 0 Å². The lowest BCUT2D eigenvalue weighted by molar-refractivity contribution is 0.102. The first kappa shape index (κ1) is 15.5. The largest absolute Gasteiger partial charge is 0.461 e. The molecule has 0 fully saturated rings. The third kappa shape index (κ3) is 3.88. The number of aromatic nitrogens is 3. The number of hydrogen-bond acceptors (Lipinski definition) is 7. The molecule has 0 radical (unpaired) electrons. The monoisotopic (exact) mass is 346 g/mol. The molecule has 23 heavy (non-hydrogen) atoms. The fraction of sp³-hybridized carbons (Fsp3) is 0.0667. The number of ketones is 1. The second kappa shape index (κ2) is 6.80. The number of carbonyl (C=O) groups is 1. The Balaban J connectivity index is 1.73. The van der Waals surface area contributed by atoms with Crippen molar-refractivity contribution in [3.63, 3.8) is 0 Å². The van der Waals surface area contributed by atoms with E-state index >= 15 is 0 Å². The molecule has 2 heterocycles. The Morgan fingerprint density at radius 2 is 1.96 bits per heavy atom. The van der Waals surface area contributed by atoms with E-state index in [-0.39, 0.29) is 17.5 Å². The van der Waals surface area contributed by atoms with Gasteiger partial charge in [-0.3, -0.25) is 4.79 Å². The van der Waals surface area contributed by atoms with Gasteiger partial charge in [-0.1, -0.05) is 23.4 Å². The third-order valence-corrected chi connectivity index (χ3v) is 3.97. The summed E-state index contributed by atoms with van der Waals surface area (Å²) in [5, 5.41) is 0.953. The van der Waals surface area contributed by atoms with Gasteiger partial charge in [-0.2, -0.15) is 15.0 Å². The van der Waals surface area contributed by atoms with E-state index in [1.807, 2.05) is 0 Å². The van der Waals surface area contributed by atoms with E-state index in [2.05, 4.69) is 15.0 Å². The molecule has 2 aromatic heterocycles. The van der Waals surface area contributed by atoms with Crippen molar-refractivity contribution < 1.29 is 9.21 Å². The van der Waals surface area contributed by atoms with Crippen molar-refractivity contribution in [2.75, 3.05) is 11.5 Å². The number of nitrogen functional groups attached to an aromatic ring is 1. The lowest BCUT2D eigenvalue weighted by atomic mass is 10.1. The molecule has 0 spiro atoms. The van der Waals surface area contributed by atoms with Gasteiger partial charge in [0.25, 0.3) is 0 Å². The van der Waals surface area contributed by atoms with E-state index in [9.17, 15) is 4.79 Å². The average molecular weight is 347 g/mol. The Labute approximate surface area is 141 Å². The summed E-state index contributed by atoms with van der Waals surface area (Å²) >= 11 is 6.99. The van der Waals surface area contributed by atoms with Crippen molar-refractivity contribution in [1.82, 2.24) is 15.0 Å². The van der Waals surface area contributed by atoms with Crippen molar-refractivity contribution >= 4 is 35.1 Å². The van der Waals surface area contributed by atoms with Crippen LogP contribution in [0.15, 0.2) is 52.2 Å². The van der Waals surface area contributed by atoms with Gasteiger partial charge in [0.1, 0.15) is 0 Å². The number of rotatable bonds is 5. The molecule has 0 aliphatic rings. The second-order valence-electron chi connectivity index (χ2n) is 4.50. The Bertz CT molecular complexity index is 822. The summed E-state index contributed by atoms with van der Waals surface area (Å²) in [4.78, 5) is 24.4. The van der Waals surface area contributed by atoms with Crippen LogP contribution < -0.4 is 5.73 Å². The van der Waals surface area contributed by atoms with Crippen LogP contribution in [0, 0.1) is 0 Å². The van der Waals surface area contributed by atoms with E-state index in [4.69, 9.17) is 21.8 Å². The Hall–Kier alpha value is -2.38.